The molecule has 0 fully saturated rings. The van der Waals surface area contributed by atoms with Crippen molar-refractivity contribution in [2.45, 2.75) is 12.0 Å². The zero-order valence-corrected chi connectivity index (χ0v) is 30.3. The van der Waals surface area contributed by atoms with Gasteiger partial charge in [0.1, 0.15) is 0 Å². The van der Waals surface area contributed by atoms with Gasteiger partial charge in [-0.25, -0.2) is 0 Å². The van der Waals surface area contributed by atoms with Crippen LogP contribution in [0.1, 0.15) is 28.7 Å². The number of hydrogen-bond acceptors (Lipinski definition) is 1. The van der Waals surface area contributed by atoms with Crippen molar-refractivity contribution in [1.82, 2.24) is 0 Å². The van der Waals surface area contributed by atoms with Crippen LogP contribution in [0.15, 0.2) is 206 Å². The number of benzene rings is 10. The molecule has 0 radical (unpaired) electrons. The van der Waals surface area contributed by atoms with E-state index in [9.17, 15) is 0 Å². The largest absolute Gasteiger partial charge is 0.377 e. The van der Waals surface area contributed by atoms with Gasteiger partial charge in [-0.05, 0) is 117 Å². The number of hydrogen-bond donors (Lipinski definition) is 1. The maximum Gasteiger partial charge on any atom is 0.0623 e. The van der Waals surface area contributed by atoms with Crippen LogP contribution in [0.3, 0.4) is 0 Å². The van der Waals surface area contributed by atoms with Gasteiger partial charge in [-0.1, -0.05) is 182 Å². The van der Waals surface area contributed by atoms with E-state index in [4.69, 9.17) is 0 Å². The van der Waals surface area contributed by atoms with Crippen LogP contribution in [0.25, 0.3) is 76.5 Å². The SMILES string of the molecule is c1ccc(C2c3ccccc3NC2c2ccc(-c3ccc4c(-c5ccc6ccccc6c5)c5ccccc5c(-c5ccc6ccccc6c5)c4c3)cc2)cc1. The van der Waals surface area contributed by atoms with Gasteiger partial charge < -0.3 is 5.32 Å². The smallest absolute Gasteiger partial charge is 0.0623 e. The molecule has 11 rings (SSSR count). The molecule has 55 heavy (non-hydrogen) atoms. The van der Waals surface area contributed by atoms with E-state index < -0.39 is 0 Å². The van der Waals surface area contributed by atoms with Crippen molar-refractivity contribution < 1.29 is 0 Å². The van der Waals surface area contributed by atoms with Crippen molar-refractivity contribution in [3.05, 3.63) is 223 Å². The van der Waals surface area contributed by atoms with Crippen LogP contribution < -0.4 is 5.32 Å². The molecule has 0 aromatic heterocycles. The molecule has 1 aliphatic heterocycles. The number of rotatable bonds is 5. The first-order valence-corrected chi connectivity index (χ1v) is 19.2. The van der Waals surface area contributed by atoms with Crippen molar-refractivity contribution in [3.8, 4) is 33.4 Å². The fraction of sp³-hybridized carbons (Fsp3) is 0.0370. The molecular weight excluding hydrogens is 663 g/mol. The van der Waals surface area contributed by atoms with E-state index in [1.165, 1.54) is 98.8 Å². The van der Waals surface area contributed by atoms with Crippen molar-refractivity contribution >= 4 is 48.8 Å². The fourth-order valence-corrected chi connectivity index (χ4v) is 9.19. The molecule has 2 unspecified atom stereocenters. The predicted molar refractivity (Wildman–Crippen MR) is 234 cm³/mol. The normalized spacial score (nSPS) is 15.1. The maximum absolute atomic E-state index is 3.87. The predicted octanol–water partition coefficient (Wildman–Crippen LogP) is 14.6. The molecule has 0 bridgehead atoms. The first kappa shape index (κ1) is 31.6. The summed E-state index contributed by atoms with van der Waals surface area (Å²) in [5, 5.41) is 13.9. The van der Waals surface area contributed by atoms with Crippen LogP contribution in [0.4, 0.5) is 5.69 Å². The topological polar surface area (TPSA) is 12.0 Å². The van der Waals surface area contributed by atoms with E-state index in [1.807, 2.05) is 0 Å². The second-order valence-electron chi connectivity index (χ2n) is 14.9. The Balaban J connectivity index is 1.09. The van der Waals surface area contributed by atoms with E-state index in [-0.39, 0.29) is 12.0 Å². The molecule has 10 aromatic carbocycles. The van der Waals surface area contributed by atoms with Crippen LogP contribution in [-0.4, -0.2) is 0 Å². The molecule has 1 nitrogen and oxygen atoms in total. The molecule has 0 saturated carbocycles. The highest BCUT2D eigenvalue weighted by Crippen LogP contribution is 2.49. The maximum atomic E-state index is 3.87. The minimum absolute atomic E-state index is 0.154. The van der Waals surface area contributed by atoms with Gasteiger partial charge in [0.05, 0.1) is 6.04 Å². The summed E-state index contributed by atoms with van der Waals surface area (Å²) < 4.78 is 0. The highest BCUT2D eigenvalue weighted by atomic mass is 15.0. The summed E-state index contributed by atoms with van der Waals surface area (Å²) in [4.78, 5) is 0. The average Bonchev–Trinajstić information content (AvgIpc) is 3.65. The molecule has 0 aliphatic carbocycles. The standard InChI is InChI=1S/C54H37N/c1-2-14-38(15-3-1)53-48-20-10-11-21-50(48)55-54(53)39-26-22-37(23-27-39)42-30-31-47-49(34-42)52(44-29-25-36-13-5-7-17-41(36)33-44)46-19-9-8-18-45(46)51(47)43-28-24-35-12-4-6-16-40(35)32-43/h1-34,53-55H. The van der Waals surface area contributed by atoms with Gasteiger partial charge in [-0.15, -0.1) is 0 Å². The lowest BCUT2D eigenvalue weighted by Gasteiger charge is -2.22. The highest BCUT2D eigenvalue weighted by molar-refractivity contribution is 6.22. The lowest BCUT2D eigenvalue weighted by atomic mass is 9.83. The molecule has 258 valence electrons. The molecule has 1 aliphatic rings. The fourth-order valence-electron chi connectivity index (χ4n) is 9.19. The van der Waals surface area contributed by atoms with Crippen LogP contribution in [0.5, 0.6) is 0 Å². The molecule has 0 spiro atoms. The third kappa shape index (κ3) is 5.31. The van der Waals surface area contributed by atoms with Gasteiger partial charge in [0.25, 0.3) is 0 Å². The average molecular weight is 700 g/mol. The Morgan fingerprint density at radius 3 is 1.49 bits per heavy atom. The Labute approximate surface area is 321 Å². The van der Waals surface area contributed by atoms with Gasteiger partial charge in [0, 0.05) is 11.6 Å². The minimum atomic E-state index is 0.154. The Kier molecular flexibility index (Phi) is 7.38. The van der Waals surface area contributed by atoms with Crippen molar-refractivity contribution in [1.29, 1.82) is 0 Å². The molecule has 0 saturated heterocycles. The molecule has 10 aromatic rings. The first-order chi connectivity index (χ1) is 27.3. The second kappa shape index (κ2) is 12.9. The minimum Gasteiger partial charge on any atom is -0.377 e. The summed E-state index contributed by atoms with van der Waals surface area (Å²) in [6, 6.07) is 76.4. The summed E-state index contributed by atoms with van der Waals surface area (Å²) in [6.45, 7) is 0. The Hall–Kier alpha value is -6.96. The summed E-state index contributed by atoms with van der Waals surface area (Å²) >= 11 is 0. The van der Waals surface area contributed by atoms with Crippen LogP contribution in [0.2, 0.25) is 0 Å². The quantitative estimate of drug-likeness (QED) is 0.176. The third-order valence-electron chi connectivity index (χ3n) is 11.8. The Bertz CT molecular complexity index is 3070. The lowest BCUT2D eigenvalue weighted by Crippen LogP contribution is -2.12. The van der Waals surface area contributed by atoms with Gasteiger partial charge in [-0.3, -0.25) is 0 Å². The van der Waals surface area contributed by atoms with Crippen molar-refractivity contribution in [3.63, 3.8) is 0 Å². The summed E-state index contributed by atoms with van der Waals surface area (Å²) in [5.74, 6) is 0.246. The van der Waals surface area contributed by atoms with Gasteiger partial charge in [0.2, 0.25) is 0 Å². The molecule has 1 heteroatoms. The van der Waals surface area contributed by atoms with Gasteiger partial charge >= 0.3 is 0 Å². The number of anilines is 1. The van der Waals surface area contributed by atoms with Crippen molar-refractivity contribution in [2.24, 2.45) is 0 Å². The summed E-state index contributed by atoms with van der Waals surface area (Å²) in [6.07, 6.45) is 0. The highest BCUT2D eigenvalue weighted by Gasteiger charge is 2.34. The summed E-state index contributed by atoms with van der Waals surface area (Å²) in [7, 11) is 0. The number of para-hydroxylation sites is 1. The Morgan fingerprint density at radius 1 is 0.309 bits per heavy atom. The van der Waals surface area contributed by atoms with Gasteiger partial charge in [-0.2, -0.15) is 0 Å². The Morgan fingerprint density at radius 2 is 0.818 bits per heavy atom. The molecular formula is C54H37N. The molecule has 1 N–H and O–H groups in total. The van der Waals surface area contributed by atoms with E-state index in [2.05, 4.69) is 212 Å². The molecule has 2 atom stereocenters. The monoisotopic (exact) mass is 699 g/mol. The zero-order valence-electron chi connectivity index (χ0n) is 30.3. The lowest BCUT2D eigenvalue weighted by molar-refractivity contribution is 0.713. The molecule has 1 heterocycles. The first-order valence-electron chi connectivity index (χ1n) is 19.2. The van der Waals surface area contributed by atoms with Crippen LogP contribution in [-0.2, 0) is 0 Å². The van der Waals surface area contributed by atoms with Crippen molar-refractivity contribution in [2.75, 3.05) is 5.32 Å². The van der Waals surface area contributed by atoms with E-state index in [0.717, 1.165) is 0 Å². The second-order valence-corrected chi connectivity index (χ2v) is 14.9. The van der Waals surface area contributed by atoms with E-state index in [1.54, 1.807) is 0 Å². The third-order valence-corrected chi connectivity index (χ3v) is 11.8. The zero-order chi connectivity index (χ0) is 36.3. The van der Waals surface area contributed by atoms with Crippen LogP contribution in [0, 0.1) is 0 Å². The number of nitrogens with one attached hydrogen (secondary N) is 1. The van der Waals surface area contributed by atoms with E-state index >= 15 is 0 Å². The number of fused-ring (bicyclic) bond motifs is 5. The van der Waals surface area contributed by atoms with E-state index in [0.29, 0.717) is 0 Å². The summed E-state index contributed by atoms with van der Waals surface area (Å²) in [5.41, 5.74) is 12.6. The van der Waals surface area contributed by atoms with Crippen LogP contribution >= 0.6 is 0 Å². The molecule has 0 amide bonds. The van der Waals surface area contributed by atoms with Gasteiger partial charge in [0.15, 0.2) is 0 Å².